The highest BCUT2D eigenvalue weighted by atomic mass is 32.1. The average molecular weight is 265 g/mol. The van der Waals surface area contributed by atoms with Crippen LogP contribution in [0.2, 0.25) is 0 Å². The van der Waals surface area contributed by atoms with Gasteiger partial charge >= 0.3 is 0 Å². The summed E-state index contributed by atoms with van der Waals surface area (Å²) < 4.78 is 2.02. The van der Waals surface area contributed by atoms with Crippen LogP contribution in [0.5, 0.6) is 0 Å². The number of imidazole rings is 1. The molecule has 0 amide bonds. The van der Waals surface area contributed by atoms with E-state index >= 15 is 0 Å². The van der Waals surface area contributed by atoms with Crippen molar-refractivity contribution < 1.29 is 0 Å². The molecule has 18 heavy (non-hydrogen) atoms. The van der Waals surface area contributed by atoms with Gasteiger partial charge in [-0.3, -0.25) is 4.90 Å². The molecule has 3 rings (SSSR count). The summed E-state index contributed by atoms with van der Waals surface area (Å²) in [5.41, 5.74) is 2.35. The lowest BCUT2D eigenvalue weighted by atomic mass is 10.2. The first-order chi connectivity index (χ1) is 8.63. The normalized spacial score (nSPS) is 21.8. The van der Waals surface area contributed by atoms with Gasteiger partial charge in [-0.1, -0.05) is 11.3 Å². The van der Waals surface area contributed by atoms with Crippen molar-refractivity contribution in [3.05, 3.63) is 16.4 Å². The van der Waals surface area contributed by atoms with Crippen molar-refractivity contribution >= 4 is 16.3 Å². The van der Waals surface area contributed by atoms with Crippen LogP contribution in [0.1, 0.15) is 23.3 Å². The Labute approximate surface area is 111 Å². The Hall–Kier alpha value is -0.980. The van der Waals surface area contributed by atoms with Crippen molar-refractivity contribution in [2.75, 3.05) is 19.6 Å². The number of rotatable bonds is 2. The van der Waals surface area contributed by atoms with Crippen molar-refractivity contribution in [3.8, 4) is 0 Å². The van der Waals surface area contributed by atoms with Crippen molar-refractivity contribution in [2.45, 2.75) is 33.4 Å². The van der Waals surface area contributed by atoms with Gasteiger partial charge < -0.3 is 5.32 Å². The predicted octanol–water partition coefficient (Wildman–Crippen LogP) is 1.20. The van der Waals surface area contributed by atoms with Crippen LogP contribution < -0.4 is 5.32 Å². The topological polar surface area (TPSA) is 45.5 Å². The van der Waals surface area contributed by atoms with E-state index in [1.807, 2.05) is 11.4 Å². The van der Waals surface area contributed by atoms with Crippen molar-refractivity contribution in [2.24, 2.45) is 0 Å². The molecule has 0 saturated carbocycles. The van der Waals surface area contributed by atoms with E-state index in [0.29, 0.717) is 6.04 Å². The zero-order valence-corrected chi connectivity index (χ0v) is 11.9. The summed E-state index contributed by atoms with van der Waals surface area (Å²) in [4.78, 5) is 8.09. The van der Waals surface area contributed by atoms with Crippen molar-refractivity contribution in [1.29, 1.82) is 0 Å². The number of fused-ring (bicyclic) bond motifs is 1. The molecule has 2 aromatic heterocycles. The number of piperazine rings is 1. The summed E-state index contributed by atoms with van der Waals surface area (Å²) in [6, 6.07) is 0.569. The van der Waals surface area contributed by atoms with E-state index in [9.17, 15) is 0 Å². The monoisotopic (exact) mass is 265 g/mol. The number of hydrogen-bond donors (Lipinski definition) is 1. The van der Waals surface area contributed by atoms with Crippen LogP contribution in [-0.4, -0.2) is 45.2 Å². The third-order valence-corrected chi connectivity index (χ3v) is 4.25. The van der Waals surface area contributed by atoms with E-state index in [1.54, 1.807) is 11.3 Å². The minimum atomic E-state index is 0.569. The Morgan fingerprint density at radius 2 is 2.28 bits per heavy atom. The molecule has 1 atom stereocenters. The molecule has 1 fully saturated rings. The molecule has 0 unspecified atom stereocenters. The third kappa shape index (κ3) is 2.15. The summed E-state index contributed by atoms with van der Waals surface area (Å²) >= 11 is 1.66. The molecule has 0 aromatic carbocycles. The van der Waals surface area contributed by atoms with Gasteiger partial charge in [0.2, 0.25) is 4.96 Å². The number of nitrogens with zero attached hydrogens (tertiary/aromatic N) is 4. The van der Waals surface area contributed by atoms with Gasteiger partial charge in [0.15, 0.2) is 0 Å². The standard InChI is InChI=1S/C12H19N5S/c1-8-6-16(5-4-13-8)7-11-9(2)14-12-17(11)15-10(3)18-12/h8,13H,4-7H2,1-3H3/t8-/m1/s1. The second-order valence-corrected chi connectivity index (χ2v) is 6.21. The van der Waals surface area contributed by atoms with Crippen molar-refractivity contribution in [3.63, 3.8) is 0 Å². The molecular formula is C12H19N5S. The van der Waals surface area contributed by atoms with Gasteiger partial charge in [0.1, 0.15) is 5.01 Å². The van der Waals surface area contributed by atoms with Crippen LogP contribution in [0.15, 0.2) is 0 Å². The fourth-order valence-corrected chi connectivity index (χ4v) is 3.34. The molecular weight excluding hydrogens is 246 g/mol. The second kappa shape index (κ2) is 4.60. The Balaban J connectivity index is 1.86. The third-order valence-electron chi connectivity index (χ3n) is 3.42. The molecule has 2 aromatic rings. The van der Waals surface area contributed by atoms with Gasteiger partial charge in [0.05, 0.1) is 11.4 Å². The van der Waals surface area contributed by atoms with E-state index in [4.69, 9.17) is 0 Å². The lowest BCUT2D eigenvalue weighted by Gasteiger charge is -2.31. The lowest BCUT2D eigenvalue weighted by molar-refractivity contribution is 0.196. The van der Waals surface area contributed by atoms with Gasteiger partial charge in [-0.25, -0.2) is 9.50 Å². The quantitative estimate of drug-likeness (QED) is 0.886. The lowest BCUT2D eigenvalue weighted by Crippen LogP contribution is -2.48. The second-order valence-electron chi connectivity index (χ2n) is 5.05. The molecule has 3 heterocycles. The predicted molar refractivity (Wildman–Crippen MR) is 73.1 cm³/mol. The Morgan fingerprint density at radius 3 is 3.06 bits per heavy atom. The van der Waals surface area contributed by atoms with Crippen LogP contribution in [0.25, 0.3) is 4.96 Å². The van der Waals surface area contributed by atoms with Gasteiger partial charge in [-0.05, 0) is 20.8 Å². The molecule has 1 aliphatic heterocycles. The molecule has 1 N–H and O–H groups in total. The Morgan fingerprint density at radius 1 is 1.44 bits per heavy atom. The molecule has 98 valence electrons. The van der Waals surface area contributed by atoms with Crippen LogP contribution in [0, 0.1) is 13.8 Å². The number of aromatic nitrogens is 3. The Kier molecular flexibility index (Phi) is 3.09. The Bertz CT molecular complexity index is 558. The first-order valence-corrected chi connectivity index (χ1v) is 7.22. The largest absolute Gasteiger partial charge is 0.312 e. The van der Waals surface area contributed by atoms with Gasteiger partial charge in [-0.2, -0.15) is 5.10 Å². The van der Waals surface area contributed by atoms with Gasteiger partial charge in [0, 0.05) is 32.2 Å². The highest BCUT2D eigenvalue weighted by Crippen LogP contribution is 2.19. The summed E-state index contributed by atoms with van der Waals surface area (Å²) in [5.74, 6) is 0. The van der Waals surface area contributed by atoms with Crippen LogP contribution in [0.4, 0.5) is 0 Å². The molecule has 0 aliphatic carbocycles. The molecule has 5 nitrogen and oxygen atoms in total. The summed E-state index contributed by atoms with van der Waals surface area (Å²) in [5, 5.41) is 9.09. The minimum Gasteiger partial charge on any atom is -0.312 e. The van der Waals surface area contributed by atoms with Gasteiger partial charge in [0.25, 0.3) is 0 Å². The number of hydrogen-bond acceptors (Lipinski definition) is 5. The van der Waals surface area contributed by atoms with E-state index < -0.39 is 0 Å². The minimum absolute atomic E-state index is 0.569. The van der Waals surface area contributed by atoms with Crippen molar-refractivity contribution in [1.82, 2.24) is 24.8 Å². The molecule has 6 heteroatoms. The average Bonchev–Trinajstić information content (AvgIpc) is 2.78. The summed E-state index contributed by atoms with van der Waals surface area (Å²) in [6.07, 6.45) is 0. The van der Waals surface area contributed by atoms with E-state index in [-0.39, 0.29) is 0 Å². The maximum absolute atomic E-state index is 4.60. The maximum Gasteiger partial charge on any atom is 0.212 e. The molecule has 0 bridgehead atoms. The molecule has 1 saturated heterocycles. The first kappa shape index (κ1) is 12.1. The van der Waals surface area contributed by atoms with Crippen LogP contribution in [-0.2, 0) is 6.54 Å². The van der Waals surface area contributed by atoms with Crippen LogP contribution in [0.3, 0.4) is 0 Å². The van der Waals surface area contributed by atoms with Gasteiger partial charge in [-0.15, -0.1) is 0 Å². The SMILES string of the molecule is Cc1nn2c(CN3CCN[C@H](C)C3)c(C)nc2s1. The summed E-state index contributed by atoms with van der Waals surface area (Å²) in [7, 11) is 0. The molecule has 0 radical (unpaired) electrons. The number of aryl methyl sites for hydroxylation is 2. The fraction of sp³-hybridized carbons (Fsp3) is 0.667. The number of nitrogens with one attached hydrogen (secondary N) is 1. The summed E-state index contributed by atoms with van der Waals surface area (Å²) in [6.45, 7) is 10.6. The first-order valence-electron chi connectivity index (χ1n) is 6.41. The fourth-order valence-electron chi connectivity index (χ4n) is 2.54. The highest BCUT2D eigenvalue weighted by Gasteiger charge is 2.19. The smallest absolute Gasteiger partial charge is 0.212 e. The van der Waals surface area contributed by atoms with Crippen LogP contribution >= 0.6 is 11.3 Å². The zero-order valence-electron chi connectivity index (χ0n) is 11.1. The maximum atomic E-state index is 4.60. The van der Waals surface area contributed by atoms with E-state index in [1.165, 1.54) is 5.69 Å². The van der Waals surface area contributed by atoms with E-state index in [0.717, 1.165) is 41.8 Å². The molecule has 0 spiro atoms. The van der Waals surface area contributed by atoms with E-state index in [2.05, 4.69) is 34.1 Å². The zero-order chi connectivity index (χ0) is 12.7. The molecule has 1 aliphatic rings. The highest BCUT2D eigenvalue weighted by molar-refractivity contribution is 7.16.